The summed E-state index contributed by atoms with van der Waals surface area (Å²) in [5.41, 5.74) is 2.41. The van der Waals surface area contributed by atoms with Crippen molar-refractivity contribution >= 4 is 11.0 Å². The Bertz CT molecular complexity index is 944. The predicted octanol–water partition coefficient (Wildman–Crippen LogP) is 2.82. The van der Waals surface area contributed by atoms with Crippen molar-refractivity contribution in [3.05, 3.63) is 76.1 Å². The van der Waals surface area contributed by atoms with Crippen LogP contribution in [0.15, 0.2) is 64.0 Å². The normalized spacial score (nSPS) is 16.2. The van der Waals surface area contributed by atoms with Crippen molar-refractivity contribution in [2.45, 2.75) is 13.1 Å². The second-order valence-corrected chi connectivity index (χ2v) is 6.81. The number of phenolic OH excluding ortho intramolecular Hbond substituents is 1. The molecule has 0 unspecified atom stereocenters. The minimum absolute atomic E-state index is 0.0158. The van der Waals surface area contributed by atoms with Gasteiger partial charge in [0, 0.05) is 50.9 Å². The minimum Gasteiger partial charge on any atom is -0.508 e. The van der Waals surface area contributed by atoms with E-state index in [9.17, 15) is 9.90 Å². The molecule has 0 bridgehead atoms. The Morgan fingerprint density at radius 3 is 2.35 bits per heavy atom. The van der Waals surface area contributed by atoms with Gasteiger partial charge < -0.3 is 9.52 Å². The molecule has 1 aliphatic rings. The van der Waals surface area contributed by atoms with Crippen LogP contribution in [0.4, 0.5) is 0 Å². The maximum Gasteiger partial charge on any atom is 0.197 e. The van der Waals surface area contributed by atoms with Crippen LogP contribution in [-0.2, 0) is 13.1 Å². The average Bonchev–Trinajstić information content (AvgIpc) is 2.66. The number of rotatable bonds is 4. The smallest absolute Gasteiger partial charge is 0.197 e. The average molecular weight is 350 g/mol. The van der Waals surface area contributed by atoms with E-state index in [2.05, 4.69) is 34.1 Å². The molecule has 5 nitrogen and oxygen atoms in total. The van der Waals surface area contributed by atoms with Crippen LogP contribution in [0, 0.1) is 0 Å². The van der Waals surface area contributed by atoms with Gasteiger partial charge in [-0.25, -0.2) is 0 Å². The first-order valence-electron chi connectivity index (χ1n) is 8.91. The number of hydrogen-bond donors (Lipinski definition) is 1. The molecule has 4 rings (SSSR count). The minimum atomic E-state index is -0.0158. The highest BCUT2D eigenvalue weighted by Crippen LogP contribution is 2.18. The quantitative estimate of drug-likeness (QED) is 0.784. The van der Waals surface area contributed by atoms with Crippen LogP contribution in [0.1, 0.15) is 11.1 Å². The van der Waals surface area contributed by atoms with E-state index >= 15 is 0 Å². The molecule has 5 heteroatoms. The van der Waals surface area contributed by atoms with Crippen LogP contribution in [0.25, 0.3) is 11.0 Å². The van der Waals surface area contributed by atoms with E-state index in [1.807, 2.05) is 6.07 Å². The molecule has 26 heavy (non-hydrogen) atoms. The topological polar surface area (TPSA) is 56.9 Å². The lowest BCUT2D eigenvalue weighted by Crippen LogP contribution is -2.45. The molecule has 0 saturated carbocycles. The van der Waals surface area contributed by atoms with Crippen molar-refractivity contribution in [1.29, 1.82) is 0 Å². The number of phenols is 1. The number of fused-ring (bicyclic) bond motifs is 1. The van der Waals surface area contributed by atoms with Gasteiger partial charge in [0.15, 0.2) is 5.43 Å². The van der Waals surface area contributed by atoms with Crippen LogP contribution < -0.4 is 5.43 Å². The van der Waals surface area contributed by atoms with Crippen molar-refractivity contribution < 1.29 is 9.52 Å². The van der Waals surface area contributed by atoms with Crippen molar-refractivity contribution in [3.8, 4) is 5.75 Å². The molecule has 134 valence electrons. The van der Waals surface area contributed by atoms with Gasteiger partial charge in [-0.05, 0) is 17.7 Å². The predicted molar refractivity (Wildman–Crippen MR) is 101 cm³/mol. The largest absolute Gasteiger partial charge is 0.508 e. The molecular formula is C21H22N2O3. The second kappa shape index (κ2) is 7.32. The van der Waals surface area contributed by atoms with Crippen molar-refractivity contribution in [1.82, 2.24) is 9.80 Å². The third-order valence-electron chi connectivity index (χ3n) is 4.94. The first kappa shape index (κ1) is 16.8. The molecule has 2 aromatic carbocycles. The summed E-state index contributed by atoms with van der Waals surface area (Å²) >= 11 is 0. The van der Waals surface area contributed by atoms with E-state index in [0.29, 0.717) is 23.1 Å². The van der Waals surface area contributed by atoms with Crippen LogP contribution in [0.2, 0.25) is 0 Å². The third-order valence-corrected chi connectivity index (χ3v) is 4.94. The molecule has 0 amide bonds. The molecule has 1 aromatic heterocycles. The first-order chi connectivity index (χ1) is 12.7. The van der Waals surface area contributed by atoms with E-state index in [1.54, 1.807) is 6.07 Å². The summed E-state index contributed by atoms with van der Waals surface area (Å²) in [5, 5.41) is 10.0. The van der Waals surface area contributed by atoms with Gasteiger partial charge in [-0.3, -0.25) is 14.6 Å². The van der Waals surface area contributed by atoms with E-state index in [1.165, 1.54) is 24.0 Å². The summed E-state index contributed by atoms with van der Waals surface area (Å²) in [7, 11) is 0. The third kappa shape index (κ3) is 3.64. The van der Waals surface area contributed by atoms with Crippen LogP contribution in [0.3, 0.4) is 0 Å². The molecule has 1 N–H and O–H groups in total. The Morgan fingerprint density at radius 2 is 1.62 bits per heavy atom. The second-order valence-electron chi connectivity index (χ2n) is 6.81. The summed E-state index contributed by atoms with van der Waals surface area (Å²) in [5.74, 6) is 0.0999. The lowest BCUT2D eigenvalue weighted by molar-refractivity contribution is 0.121. The summed E-state index contributed by atoms with van der Waals surface area (Å²) in [4.78, 5) is 17.4. The number of benzene rings is 2. The van der Waals surface area contributed by atoms with Gasteiger partial charge in [0.2, 0.25) is 0 Å². The SMILES string of the molecule is O=c1c(CN2CCN(Cc3ccccc3)CC2)coc2cc(O)ccc12. The maximum absolute atomic E-state index is 12.6. The molecule has 1 saturated heterocycles. The lowest BCUT2D eigenvalue weighted by Gasteiger charge is -2.34. The highest BCUT2D eigenvalue weighted by atomic mass is 16.3. The number of nitrogens with zero attached hydrogens (tertiary/aromatic N) is 2. The molecule has 1 fully saturated rings. The lowest BCUT2D eigenvalue weighted by atomic mass is 10.1. The summed E-state index contributed by atoms with van der Waals surface area (Å²) in [6, 6.07) is 15.1. The fourth-order valence-corrected chi connectivity index (χ4v) is 3.45. The summed E-state index contributed by atoms with van der Waals surface area (Å²) in [6.07, 6.45) is 1.53. The Hall–Kier alpha value is -2.63. The van der Waals surface area contributed by atoms with E-state index < -0.39 is 0 Å². The Balaban J connectivity index is 1.40. The molecule has 3 aromatic rings. The van der Waals surface area contributed by atoms with Gasteiger partial charge in [-0.1, -0.05) is 30.3 Å². The summed E-state index contributed by atoms with van der Waals surface area (Å²) in [6.45, 7) is 5.40. The van der Waals surface area contributed by atoms with E-state index in [4.69, 9.17) is 4.42 Å². The zero-order valence-corrected chi connectivity index (χ0v) is 14.6. The standard InChI is InChI=1S/C21H22N2O3/c24-18-6-7-19-20(12-18)26-15-17(21(19)25)14-23-10-8-22(9-11-23)13-16-4-2-1-3-5-16/h1-7,12,15,24H,8-11,13-14H2. The Kier molecular flexibility index (Phi) is 4.73. The molecule has 0 radical (unpaired) electrons. The summed E-state index contributed by atoms with van der Waals surface area (Å²) < 4.78 is 5.55. The zero-order chi connectivity index (χ0) is 17.9. The highest BCUT2D eigenvalue weighted by molar-refractivity contribution is 5.78. The molecule has 0 atom stereocenters. The molecule has 1 aliphatic heterocycles. The zero-order valence-electron chi connectivity index (χ0n) is 14.6. The van der Waals surface area contributed by atoms with E-state index in [-0.39, 0.29) is 11.2 Å². The van der Waals surface area contributed by atoms with Crippen LogP contribution in [0.5, 0.6) is 5.75 Å². The van der Waals surface area contributed by atoms with Crippen molar-refractivity contribution in [3.63, 3.8) is 0 Å². The Labute approximate surface area is 152 Å². The molecule has 0 aliphatic carbocycles. The molecule has 2 heterocycles. The van der Waals surface area contributed by atoms with Crippen molar-refractivity contribution in [2.24, 2.45) is 0 Å². The van der Waals surface area contributed by atoms with Gasteiger partial charge in [-0.2, -0.15) is 0 Å². The maximum atomic E-state index is 12.6. The molecule has 0 spiro atoms. The number of hydrogen-bond acceptors (Lipinski definition) is 5. The monoisotopic (exact) mass is 350 g/mol. The molecular weight excluding hydrogens is 328 g/mol. The van der Waals surface area contributed by atoms with Crippen molar-refractivity contribution in [2.75, 3.05) is 26.2 Å². The Morgan fingerprint density at radius 1 is 0.923 bits per heavy atom. The highest BCUT2D eigenvalue weighted by Gasteiger charge is 2.19. The first-order valence-corrected chi connectivity index (χ1v) is 8.91. The van der Waals surface area contributed by atoms with Crippen LogP contribution in [-0.4, -0.2) is 41.1 Å². The van der Waals surface area contributed by atoms with Crippen LogP contribution >= 0.6 is 0 Å². The number of piperazine rings is 1. The fourth-order valence-electron chi connectivity index (χ4n) is 3.45. The van der Waals surface area contributed by atoms with Gasteiger partial charge >= 0.3 is 0 Å². The van der Waals surface area contributed by atoms with Gasteiger partial charge in [-0.15, -0.1) is 0 Å². The van der Waals surface area contributed by atoms with Gasteiger partial charge in [0.05, 0.1) is 11.6 Å². The fraction of sp³-hybridized carbons (Fsp3) is 0.286. The van der Waals surface area contributed by atoms with Gasteiger partial charge in [0.25, 0.3) is 0 Å². The number of aromatic hydroxyl groups is 1. The van der Waals surface area contributed by atoms with E-state index in [0.717, 1.165) is 32.7 Å². The van der Waals surface area contributed by atoms with Gasteiger partial charge in [0.1, 0.15) is 11.3 Å².